The van der Waals surface area contributed by atoms with E-state index in [1.165, 1.54) is 5.56 Å². The Balaban J connectivity index is 2.05. The van der Waals surface area contributed by atoms with Crippen molar-refractivity contribution in [2.24, 2.45) is 0 Å². The van der Waals surface area contributed by atoms with Gasteiger partial charge in [0.2, 0.25) is 0 Å². The summed E-state index contributed by atoms with van der Waals surface area (Å²) in [5.74, 6) is 0. The van der Waals surface area contributed by atoms with E-state index < -0.39 is 0 Å². The topological polar surface area (TPSA) is 28.7 Å². The highest BCUT2D eigenvalue weighted by atomic mass is 15.0. The third kappa shape index (κ3) is 2.34. The molecule has 0 fully saturated rings. The van der Waals surface area contributed by atoms with E-state index in [9.17, 15) is 5.26 Å². The van der Waals surface area contributed by atoms with Crippen LogP contribution in [0.5, 0.6) is 0 Å². The summed E-state index contributed by atoms with van der Waals surface area (Å²) in [4.78, 5) is 0. The summed E-state index contributed by atoms with van der Waals surface area (Å²) in [5, 5.41) is 9.30. The molecule has 0 spiro atoms. The molecule has 0 amide bonds. The van der Waals surface area contributed by atoms with Gasteiger partial charge in [-0.1, -0.05) is 60.7 Å². The molecule has 0 aliphatic rings. The smallest absolute Gasteiger partial charge is 0.101 e. The van der Waals surface area contributed by atoms with Gasteiger partial charge < -0.3 is 4.57 Å². The fourth-order valence-electron chi connectivity index (χ4n) is 2.39. The van der Waals surface area contributed by atoms with Crippen molar-refractivity contribution >= 4 is 0 Å². The second-order valence-corrected chi connectivity index (χ2v) is 4.67. The quantitative estimate of drug-likeness (QED) is 0.696. The van der Waals surface area contributed by atoms with E-state index in [0.29, 0.717) is 5.56 Å². The molecule has 0 aliphatic carbocycles. The van der Waals surface area contributed by atoms with Crippen molar-refractivity contribution in [3.63, 3.8) is 0 Å². The average Bonchev–Trinajstić information content (AvgIpc) is 2.92. The predicted molar refractivity (Wildman–Crippen MR) is 80.1 cm³/mol. The molecule has 1 aromatic heterocycles. The fourth-order valence-corrected chi connectivity index (χ4v) is 2.39. The highest BCUT2D eigenvalue weighted by Gasteiger charge is 2.11. The lowest BCUT2D eigenvalue weighted by Gasteiger charge is -2.10. The normalized spacial score (nSPS) is 10.2. The minimum Gasteiger partial charge on any atom is -0.342 e. The Hall–Kier alpha value is -2.79. The molecular formula is C18H14N2. The number of hydrogen-bond donors (Lipinski definition) is 0. The molecule has 0 saturated carbocycles. The van der Waals surface area contributed by atoms with Crippen LogP contribution in [-0.2, 0) is 6.54 Å². The molecule has 0 bridgehead atoms. The number of benzene rings is 2. The molecule has 0 atom stereocenters. The first-order chi connectivity index (χ1) is 9.88. The lowest BCUT2D eigenvalue weighted by molar-refractivity contribution is 0.814. The van der Waals surface area contributed by atoms with Crippen LogP contribution in [0, 0.1) is 11.3 Å². The van der Waals surface area contributed by atoms with Gasteiger partial charge >= 0.3 is 0 Å². The number of nitriles is 1. The minimum atomic E-state index is 0.715. The Morgan fingerprint density at radius 2 is 1.50 bits per heavy atom. The standard InChI is InChI=1S/C18H14N2/c19-13-17-11-12-20(14-15-7-3-1-4-8-15)18(17)16-9-5-2-6-10-16/h1-12H,14H2. The Morgan fingerprint density at radius 3 is 2.15 bits per heavy atom. The van der Waals surface area contributed by atoms with Crippen molar-refractivity contribution in [2.75, 3.05) is 0 Å². The van der Waals surface area contributed by atoms with Crippen molar-refractivity contribution in [3.8, 4) is 17.3 Å². The zero-order valence-corrected chi connectivity index (χ0v) is 11.0. The van der Waals surface area contributed by atoms with Crippen molar-refractivity contribution in [2.45, 2.75) is 6.54 Å². The molecule has 20 heavy (non-hydrogen) atoms. The molecular weight excluding hydrogens is 244 g/mol. The molecule has 0 aliphatic heterocycles. The van der Waals surface area contributed by atoms with E-state index >= 15 is 0 Å². The SMILES string of the molecule is N#Cc1ccn(Cc2ccccc2)c1-c1ccccc1. The lowest BCUT2D eigenvalue weighted by Crippen LogP contribution is -2.00. The van der Waals surface area contributed by atoms with Crippen LogP contribution in [0.3, 0.4) is 0 Å². The summed E-state index contributed by atoms with van der Waals surface area (Å²) in [6, 6.07) is 24.5. The molecule has 3 rings (SSSR count). The Labute approximate surface area is 118 Å². The molecule has 3 aromatic rings. The van der Waals surface area contributed by atoms with Crippen LogP contribution in [0.25, 0.3) is 11.3 Å². The monoisotopic (exact) mass is 258 g/mol. The van der Waals surface area contributed by atoms with Crippen LogP contribution in [0.1, 0.15) is 11.1 Å². The van der Waals surface area contributed by atoms with E-state index in [4.69, 9.17) is 0 Å². The van der Waals surface area contributed by atoms with E-state index in [2.05, 4.69) is 22.8 Å². The van der Waals surface area contributed by atoms with Crippen LogP contribution in [0.2, 0.25) is 0 Å². The number of aromatic nitrogens is 1. The first kappa shape index (κ1) is 12.3. The van der Waals surface area contributed by atoms with Crippen molar-refractivity contribution < 1.29 is 0 Å². The average molecular weight is 258 g/mol. The van der Waals surface area contributed by atoms with Gasteiger partial charge in [-0.25, -0.2) is 0 Å². The van der Waals surface area contributed by atoms with Gasteiger partial charge in [-0.3, -0.25) is 0 Å². The zero-order valence-electron chi connectivity index (χ0n) is 11.0. The number of nitrogens with zero attached hydrogens (tertiary/aromatic N) is 2. The summed E-state index contributed by atoms with van der Waals surface area (Å²) in [6.07, 6.45) is 1.98. The van der Waals surface area contributed by atoms with Gasteiger partial charge in [0.1, 0.15) is 6.07 Å². The maximum Gasteiger partial charge on any atom is 0.101 e. The second-order valence-electron chi connectivity index (χ2n) is 4.67. The van der Waals surface area contributed by atoms with Crippen molar-refractivity contribution in [1.82, 2.24) is 4.57 Å². The maximum atomic E-state index is 9.30. The van der Waals surface area contributed by atoms with Crippen molar-refractivity contribution in [3.05, 3.63) is 84.1 Å². The molecule has 96 valence electrons. The van der Waals surface area contributed by atoms with Gasteiger partial charge in [0.15, 0.2) is 0 Å². The van der Waals surface area contributed by atoms with E-state index in [1.807, 2.05) is 60.8 Å². The Bertz CT molecular complexity index is 734. The van der Waals surface area contributed by atoms with E-state index in [0.717, 1.165) is 17.8 Å². The zero-order chi connectivity index (χ0) is 13.8. The molecule has 1 heterocycles. The number of hydrogen-bond acceptors (Lipinski definition) is 1. The Kier molecular flexibility index (Phi) is 3.34. The third-order valence-electron chi connectivity index (χ3n) is 3.33. The van der Waals surface area contributed by atoms with Crippen LogP contribution in [0.4, 0.5) is 0 Å². The molecule has 2 heteroatoms. The van der Waals surface area contributed by atoms with Gasteiger partial charge in [-0.05, 0) is 17.2 Å². The first-order valence-electron chi connectivity index (χ1n) is 6.57. The molecule has 2 aromatic carbocycles. The third-order valence-corrected chi connectivity index (χ3v) is 3.33. The largest absolute Gasteiger partial charge is 0.342 e. The first-order valence-corrected chi connectivity index (χ1v) is 6.57. The minimum absolute atomic E-state index is 0.715. The lowest BCUT2D eigenvalue weighted by atomic mass is 10.1. The summed E-state index contributed by atoms with van der Waals surface area (Å²) in [7, 11) is 0. The Morgan fingerprint density at radius 1 is 0.850 bits per heavy atom. The summed E-state index contributed by atoms with van der Waals surface area (Å²) in [5.41, 5.74) is 4.00. The molecule has 0 N–H and O–H groups in total. The molecule has 0 saturated heterocycles. The van der Waals surface area contributed by atoms with Crippen LogP contribution < -0.4 is 0 Å². The summed E-state index contributed by atoms with van der Waals surface area (Å²) in [6.45, 7) is 0.771. The van der Waals surface area contributed by atoms with Gasteiger partial charge in [0.25, 0.3) is 0 Å². The van der Waals surface area contributed by atoms with Gasteiger partial charge in [-0.2, -0.15) is 5.26 Å². The van der Waals surface area contributed by atoms with E-state index in [-0.39, 0.29) is 0 Å². The highest BCUT2D eigenvalue weighted by molar-refractivity contribution is 5.67. The maximum absolute atomic E-state index is 9.30. The fraction of sp³-hybridized carbons (Fsp3) is 0.0556. The van der Waals surface area contributed by atoms with Crippen LogP contribution in [0.15, 0.2) is 72.9 Å². The molecule has 0 radical (unpaired) electrons. The molecule has 2 nitrogen and oxygen atoms in total. The van der Waals surface area contributed by atoms with Gasteiger partial charge in [-0.15, -0.1) is 0 Å². The van der Waals surface area contributed by atoms with Crippen LogP contribution >= 0.6 is 0 Å². The van der Waals surface area contributed by atoms with Gasteiger partial charge in [0, 0.05) is 12.7 Å². The van der Waals surface area contributed by atoms with Crippen LogP contribution in [-0.4, -0.2) is 4.57 Å². The number of rotatable bonds is 3. The summed E-state index contributed by atoms with van der Waals surface area (Å²) < 4.78 is 2.13. The van der Waals surface area contributed by atoms with Gasteiger partial charge in [0.05, 0.1) is 11.3 Å². The van der Waals surface area contributed by atoms with Crippen molar-refractivity contribution in [1.29, 1.82) is 5.26 Å². The summed E-state index contributed by atoms with van der Waals surface area (Å²) >= 11 is 0. The second kappa shape index (κ2) is 5.46. The highest BCUT2D eigenvalue weighted by Crippen LogP contribution is 2.25. The van der Waals surface area contributed by atoms with E-state index in [1.54, 1.807) is 0 Å². The molecule has 0 unspecified atom stereocenters. The predicted octanol–water partition coefficient (Wildman–Crippen LogP) is 4.08.